The van der Waals surface area contributed by atoms with E-state index < -0.39 is 6.09 Å². The lowest BCUT2D eigenvalue weighted by Gasteiger charge is -2.25. The predicted molar refractivity (Wildman–Crippen MR) is 130 cm³/mol. The number of nitrogens with two attached hydrogens (primary N) is 1. The lowest BCUT2D eigenvalue weighted by atomic mass is 10.0. The van der Waals surface area contributed by atoms with Crippen molar-refractivity contribution in [3.63, 3.8) is 0 Å². The third-order valence-electron chi connectivity index (χ3n) is 6.13. The maximum atomic E-state index is 12.2. The van der Waals surface area contributed by atoms with Crippen LogP contribution >= 0.6 is 0 Å². The van der Waals surface area contributed by atoms with E-state index in [4.69, 9.17) is 10.5 Å². The van der Waals surface area contributed by atoms with Gasteiger partial charge < -0.3 is 15.8 Å². The zero-order valence-corrected chi connectivity index (χ0v) is 20.9. The third kappa shape index (κ3) is 13.0. The standard InChI is InChI=1S/C24H48N6O2/c1-4-5-6-7-8-9-10-11-12-13-14-15-16-18-23(26-24(31)32-20-17-19-25)21(2)30-22(3)27-28-29-30/h21,23H,4-20,25H2,1-3H3,(H,26,31). The first kappa shape index (κ1) is 28.3. The van der Waals surface area contributed by atoms with Crippen molar-refractivity contribution < 1.29 is 9.53 Å². The second-order valence-electron chi connectivity index (χ2n) is 8.97. The third-order valence-corrected chi connectivity index (χ3v) is 6.13. The minimum absolute atomic E-state index is 0.0376. The van der Waals surface area contributed by atoms with Crippen molar-refractivity contribution in [3.8, 4) is 0 Å². The van der Waals surface area contributed by atoms with Crippen LogP contribution in [0.3, 0.4) is 0 Å². The molecular weight excluding hydrogens is 404 g/mol. The number of ether oxygens (including phenoxy) is 1. The van der Waals surface area contributed by atoms with Crippen molar-refractivity contribution in [2.45, 2.75) is 129 Å². The van der Waals surface area contributed by atoms with Crippen LogP contribution in [0.15, 0.2) is 0 Å². The Bertz CT molecular complexity index is 581. The highest BCUT2D eigenvalue weighted by Gasteiger charge is 2.23. The Hall–Kier alpha value is -1.70. The Labute approximate surface area is 195 Å². The van der Waals surface area contributed by atoms with E-state index in [2.05, 4.69) is 27.8 Å². The summed E-state index contributed by atoms with van der Waals surface area (Å²) < 4.78 is 7.01. The second-order valence-corrected chi connectivity index (χ2v) is 8.97. The minimum Gasteiger partial charge on any atom is -0.450 e. The quantitative estimate of drug-likeness (QED) is 0.254. The van der Waals surface area contributed by atoms with Gasteiger partial charge in [0.15, 0.2) is 0 Å². The van der Waals surface area contributed by atoms with Crippen molar-refractivity contribution >= 4 is 6.09 Å². The first-order valence-corrected chi connectivity index (χ1v) is 13.0. The summed E-state index contributed by atoms with van der Waals surface area (Å²) in [6, 6.07) is -0.111. The summed E-state index contributed by atoms with van der Waals surface area (Å²) in [6.45, 7) is 7.03. The molecule has 1 heterocycles. The van der Waals surface area contributed by atoms with E-state index in [0.717, 1.165) is 18.7 Å². The molecular formula is C24H48N6O2. The van der Waals surface area contributed by atoms with Gasteiger partial charge in [0.2, 0.25) is 0 Å². The summed E-state index contributed by atoms with van der Waals surface area (Å²) in [6.07, 6.45) is 18.4. The molecule has 0 saturated heterocycles. The van der Waals surface area contributed by atoms with Crippen LogP contribution in [-0.4, -0.2) is 45.5 Å². The van der Waals surface area contributed by atoms with Gasteiger partial charge >= 0.3 is 6.09 Å². The largest absolute Gasteiger partial charge is 0.450 e. The Balaban J connectivity index is 2.24. The number of tetrazole rings is 1. The maximum Gasteiger partial charge on any atom is 0.407 e. The van der Waals surface area contributed by atoms with E-state index in [0.29, 0.717) is 19.6 Å². The number of carbonyl (C=O) groups is 1. The average molecular weight is 453 g/mol. The van der Waals surface area contributed by atoms with E-state index in [1.807, 2.05) is 13.8 Å². The molecule has 3 N–H and O–H groups in total. The summed E-state index contributed by atoms with van der Waals surface area (Å²) in [5.74, 6) is 0.742. The Morgan fingerprint density at radius 1 is 0.969 bits per heavy atom. The number of unbranched alkanes of at least 4 members (excludes halogenated alkanes) is 12. The lowest BCUT2D eigenvalue weighted by Crippen LogP contribution is -2.41. The van der Waals surface area contributed by atoms with Gasteiger partial charge in [-0.15, -0.1) is 5.10 Å². The van der Waals surface area contributed by atoms with Crippen LogP contribution in [0.4, 0.5) is 4.79 Å². The van der Waals surface area contributed by atoms with Crippen molar-refractivity contribution in [2.75, 3.05) is 13.2 Å². The molecule has 2 unspecified atom stereocenters. The highest BCUT2D eigenvalue weighted by Crippen LogP contribution is 2.19. The van der Waals surface area contributed by atoms with Gasteiger partial charge in [0.1, 0.15) is 5.82 Å². The van der Waals surface area contributed by atoms with Crippen LogP contribution in [0, 0.1) is 6.92 Å². The molecule has 1 aromatic heterocycles. The average Bonchev–Trinajstić information content (AvgIpc) is 3.21. The summed E-state index contributed by atoms with van der Waals surface area (Å²) in [5, 5.41) is 14.8. The number of carbonyl (C=O) groups excluding carboxylic acids is 1. The number of rotatable bonds is 20. The van der Waals surface area contributed by atoms with Crippen molar-refractivity contribution in [2.24, 2.45) is 5.73 Å². The number of amides is 1. The molecule has 1 aromatic rings. The monoisotopic (exact) mass is 452 g/mol. The van der Waals surface area contributed by atoms with E-state index >= 15 is 0 Å². The fourth-order valence-electron chi connectivity index (χ4n) is 4.04. The molecule has 2 atom stereocenters. The maximum absolute atomic E-state index is 12.2. The second kappa shape index (κ2) is 18.8. The highest BCUT2D eigenvalue weighted by molar-refractivity contribution is 5.67. The molecule has 0 aliphatic rings. The van der Waals surface area contributed by atoms with Gasteiger partial charge in [0, 0.05) is 0 Å². The Morgan fingerprint density at radius 3 is 2.03 bits per heavy atom. The summed E-state index contributed by atoms with van der Waals surface area (Å²) in [7, 11) is 0. The predicted octanol–water partition coefficient (Wildman–Crippen LogP) is 5.47. The number of alkyl carbamates (subject to hydrolysis) is 1. The molecule has 1 amide bonds. The number of nitrogens with one attached hydrogen (secondary N) is 1. The lowest BCUT2D eigenvalue weighted by molar-refractivity contribution is 0.136. The van der Waals surface area contributed by atoms with Gasteiger partial charge in [0.25, 0.3) is 0 Å². The smallest absolute Gasteiger partial charge is 0.407 e. The number of hydrogen-bond acceptors (Lipinski definition) is 6. The zero-order chi connectivity index (χ0) is 23.4. The molecule has 0 aromatic carbocycles. The summed E-state index contributed by atoms with van der Waals surface area (Å²) in [4.78, 5) is 12.2. The van der Waals surface area contributed by atoms with Crippen LogP contribution < -0.4 is 11.1 Å². The van der Waals surface area contributed by atoms with Gasteiger partial charge in [-0.25, -0.2) is 9.48 Å². The molecule has 8 heteroatoms. The summed E-state index contributed by atoms with van der Waals surface area (Å²) in [5.41, 5.74) is 5.47. The SMILES string of the molecule is CCCCCCCCCCCCCCCC(NC(=O)OCCCN)C(C)n1nnnc1C. The van der Waals surface area contributed by atoms with Crippen LogP contribution in [0.25, 0.3) is 0 Å². The van der Waals surface area contributed by atoms with Crippen molar-refractivity contribution in [1.82, 2.24) is 25.5 Å². The minimum atomic E-state index is -0.393. The molecule has 0 bridgehead atoms. The molecule has 0 radical (unpaired) electrons. The van der Waals surface area contributed by atoms with Crippen molar-refractivity contribution in [3.05, 3.63) is 5.82 Å². The number of aryl methyl sites for hydroxylation is 1. The fraction of sp³-hybridized carbons (Fsp3) is 0.917. The molecule has 186 valence electrons. The molecule has 0 saturated carbocycles. The first-order chi connectivity index (χ1) is 15.6. The Kier molecular flexibility index (Phi) is 16.7. The Morgan fingerprint density at radius 2 is 1.53 bits per heavy atom. The van der Waals surface area contributed by atoms with Gasteiger partial charge in [-0.3, -0.25) is 0 Å². The van der Waals surface area contributed by atoms with Gasteiger partial charge in [-0.05, 0) is 43.7 Å². The molecule has 0 spiro atoms. The van der Waals surface area contributed by atoms with Gasteiger partial charge in [-0.1, -0.05) is 90.4 Å². The van der Waals surface area contributed by atoms with E-state index in [-0.39, 0.29) is 12.1 Å². The van der Waals surface area contributed by atoms with Gasteiger partial charge in [0.05, 0.1) is 18.7 Å². The first-order valence-electron chi connectivity index (χ1n) is 13.0. The molecule has 0 aliphatic heterocycles. The van der Waals surface area contributed by atoms with E-state index in [1.54, 1.807) is 4.68 Å². The zero-order valence-electron chi connectivity index (χ0n) is 20.9. The van der Waals surface area contributed by atoms with Crippen LogP contribution in [0.1, 0.15) is 122 Å². The fourth-order valence-corrected chi connectivity index (χ4v) is 4.04. The number of aromatic nitrogens is 4. The summed E-state index contributed by atoms with van der Waals surface area (Å²) >= 11 is 0. The molecule has 8 nitrogen and oxygen atoms in total. The van der Waals surface area contributed by atoms with Crippen molar-refractivity contribution in [1.29, 1.82) is 0 Å². The highest BCUT2D eigenvalue weighted by atomic mass is 16.5. The van der Waals surface area contributed by atoms with Crippen LogP contribution in [-0.2, 0) is 4.74 Å². The topological polar surface area (TPSA) is 108 Å². The van der Waals surface area contributed by atoms with Gasteiger partial charge in [-0.2, -0.15) is 0 Å². The van der Waals surface area contributed by atoms with E-state index in [1.165, 1.54) is 77.0 Å². The van der Waals surface area contributed by atoms with E-state index in [9.17, 15) is 4.79 Å². The number of hydrogen-bond donors (Lipinski definition) is 2. The number of nitrogens with zero attached hydrogens (tertiary/aromatic N) is 4. The molecule has 1 rings (SSSR count). The van der Waals surface area contributed by atoms with Crippen LogP contribution in [0.5, 0.6) is 0 Å². The molecule has 0 fully saturated rings. The molecule has 32 heavy (non-hydrogen) atoms. The normalized spacial score (nSPS) is 13.1. The van der Waals surface area contributed by atoms with Crippen LogP contribution in [0.2, 0.25) is 0 Å². The molecule has 0 aliphatic carbocycles.